The fourth-order valence-corrected chi connectivity index (χ4v) is 7.71. The molecule has 0 saturated heterocycles. The Morgan fingerprint density at radius 1 is 0.483 bits per heavy atom. The molecule has 0 aliphatic heterocycles. The Morgan fingerprint density at radius 3 is 1.59 bits per heavy atom. The maximum atomic E-state index is 2.42. The molecule has 144 valence electrons. The monoisotopic (exact) mass is 602 g/mol. The molecule has 0 nitrogen and oxygen atoms in total. The largest absolute Gasteiger partial charge is 0.357 e. The van der Waals surface area contributed by atoms with Crippen molar-refractivity contribution in [3.05, 3.63) is 122 Å². The quantitative estimate of drug-likeness (QED) is 0.293. The Morgan fingerprint density at radius 2 is 1.00 bits per heavy atom. The molecule has 0 aliphatic rings. The molecule has 4 rings (SSSR count). The van der Waals surface area contributed by atoms with Gasteiger partial charge in [0.15, 0.2) is 14.3 Å². The lowest BCUT2D eigenvalue weighted by atomic mass is 10.0. The summed E-state index contributed by atoms with van der Waals surface area (Å²) in [6.07, 6.45) is 0. The highest BCUT2D eigenvalue weighted by molar-refractivity contribution is 5.66. The molecule has 0 fully saturated rings. The maximum Gasteiger partial charge on any atom is 0.357 e. The van der Waals surface area contributed by atoms with Gasteiger partial charge in [-0.15, -0.1) is 0 Å². The van der Waals surface area contributed by atoms with Crippen LogP contribution in [0, 0.1) is 35.1 Å². The first-order valence-corrected chi connectivity index (χ1v) is 14.0. The van der Waals surface area contributed by atoms with Gasteiger partial charge in [0.25, 0.3) is 0 Å². The van der Waals surface area contributed by atoms with Crippen molar-refractivity contribution in [3.8, 4) is 11.1 Å². The Balaban J connectivity index is 1.60. The van der Waals surface area contributed by atoms with E-state index in [1.165, 1.54) is 42.1 Å². The van der Waals surface area contributed by atoms with Crippen LogP contribution >= 0.6 is 0 Å². The molecule has 0 unspecified atom stereocenters. The van der Waals surface area contributed by atoms with Crippen molar-refractivity contribution in [2.75, 3.05) is 0 Å². The molecule has 0 heterocycles. The minimum absolute atomic E-state index is 0.148. The third-order valence-electron chi connectivity index (χ3n) is 4.79. The van der Waals surface area contributed by atoms with Crippen LogP contribution in [0.4, 0.5) is 0 Å². The molecule has 2 heteroatoms. The molecule has 0 N–H and O–H groups in total. The summed E-state index contributed by atoms with van der Waals surface area (Å²) in [6.45, 7) is 6.53. The van der Waals surface area contributed by atoms with E-state index in [1.54, 1.807) is 0 Å². The zero-order chi connectivity index (χ0) is 20.2. The molecular weight excluding hydrogens is 578 g/mol. The molecule has 0 aromatic heterocycles. The summed E-state index contributed by atoms with van der Waals surface area (Å²) in [7, 11) is 0. The zero-order valence-corrected chi connectivity index (χ0v) is 21.2. The van der Waals surface area contributed by atoms with Crippen molar-refractivity contribution in [2.45, 2.75) is 20.8 Å². The SMILES string of the molecule is Cc1ccc([I+]c2cccc(-c3cc([I+]c4ccc(C)cc4)ccc3C)c2)cc1. The van der Waals surface area contributed by atoms with Crippen molar-refractivity contribution < 1.29 is 42.4 Å². The Labute approximate surface area is 194 Å². The van der Waals surface area contributed by atoms with E-state index in [-0.39, 0.29) is 42.4 Å². The first-order chi connectivity index (χ1) is 14.1. The van der Waals surface area contributed by atoms with Crippen molar-refractivity contribution >= 4 is 0 Å². The van der Waals surface area contributed by atoms with Crippen molar-refractivity contribution in [1.82, 2.24) is 0 Å². The van der Waals surface area contributed by atoms with Gasteiger partial charge in [0, 0.05) is 0 Å². The molecule has 0 atom stereocenters. The van der Waals surface area contributed by atoms with E-state index in [4.69, 9.17) is 0 Å². The van der Waals surface area contributed by atoms with Crippen molar-refractivity contribution in [2.24, 2.45) is 0 Å². The molecule has 29 heavy (non-hydrogen) atoms. The van der Waals surface area contributed by atoms with E-state index >= 15 is 0 Å². The standard InChI is InChI=1S/C27H24I2/c1-19-7-12-23(13-8-19)28-25-6-4-5-22(17-25)27-18-26(16-11-21(27)3)29-24-14-9-20(2)10-15-24/h4-18H,1-3H3/q+2. The smallest absolute Gasteiger partial charge is 0.0571 e. The lowest BCUT2D eigenvalue weighted by Gasteiger charge is -2.05. The lowest BCUT2D eigenvalue weighted by Crippen LogP contribution is -3.61. The van der Waals surface area contributed by atoms with Gasteiger partial charge in [0.05, 0.1) is 0 Å². The van der Waals surface area contributed by atoms with Crippen LogP contribution in [0.3, 0.4) is 0 Å². The number of aryl methyl sites for hydroxylation is 3. The summed E-state index contributed by atoms with van der Waals surface area (Å²) in [5.41, 5.74) is 6.74. The fourth-order valence-electron chi connectivity index (χ4n) is 3.12. The normalized spacial score (nSPS) is 10.9. The van der Waals surface area contributed by atoms with Crippen LogP contribution in [-0.4, -0.2) is 0 Å². The van der Waals surface area contributed by atoms with Crippen LogP contribution in [-0.2, 0) is 0 Å². The van der Waals surface area contributed by atoms with Gasteiger partial charge in [0.2, 0.25) is 0 Å². The van der Waals surface area contributed by atoms with Gasteiger partial charge < -0.3 is 0 Å². The fraction of sp³-hybridized carbons (Fsp3) is 0.111. The highest BCUT2D eigenvalue weighted by Gasteiger charge is 2.19. The summed E-state index contributed by atoms with van der Waals surface area (Å²) >= 11 is -0.298. The Bertz CT molecular complexity index is 1110. The highest BCUT2D eigenvalue weighted by atomic mass is 127. The number of halogens is 2. The van der Waals surface area contributed by atoms with E-state index in [2.05, 4.69) is 112 Å². The molecule has 0 radical (unpaired) electrons. The first kappa shape index (κ1) is 20.6. The zero-order valence-electron chi connectivity index (χ0n) is 16.9. The highest BCUT2D eigenvalue weighted by Crippen LogP contribution is 2.22. The summed E-state index contributed by atoms with van der Waals surface area (Å²) in [4.78, 5) is 0. The first-order valence-electron chi connectivity index (χ1n) is 9.71. The van der Waals surface area contributed by atoms with Crippen LogP contribution in [0.15, 0.2) is 91.0 Å². The molecule has 4 aromatic carbocycles. The van der Waals surface area contributed by atoms with E-state index in [9.17, 15) is 0 Å². The summed E-state index contributed by atoms with van der Waals surface area (Å²) < 4.78 is 5.90. The number of rotatable bonds is 5. The maximum absolute atomic E-state index is 2.42. The molecule has 0 saturated carbocycles. The van der Waals surface area contributed by atoms with Gasteiger partial charge in [-0.05, 0) is 86.0 Å². The second-order valence-electron chi connectivity index (χ2n) is 7.25. The predicted octanol–water partition coefficient (Wildman–Crippen LogP) is 0.536. The van der Waals surface area contributed by atoms with Gasteiger partial charge in [0.1, 0.15) is 0 Å². The summed E-state index contributed by atoms with van der Waals surface area (Å²) in [5.74, 6) is 0. The minimum Gasteiger partial charge on any atom is -0.0571 e. The van der Waals surface area contributed by atoms with Gasteiger partial charge in [-0.25, -0.2) is 0 Å². The van der Waals surface area contributed by atoms with Crippen molar-refractivity contribution in [1.29, 1.82) is 0 Å². The average Bonchev–Trinajstić information content (AvgIpc) is 2.73. The Kier molecular flexibility index (Phi) is 6.70. The van der Waals surface area contributed by atoms with Crippen molar-refractivity contribution in [3.63, 3.8) is 0 Å². The van der Waals surface area contributed by atoms with Gasteiger partial charge in [-0.2, -0.15) is 0 Å². The van der Waals surface area contributed by atoms with Gasteiger partial charge in [-0.1, -0.05) is 53.6 Å². The molecule has 0 aliphatic carbocycles. The lowest BCUT2D eigenvalue weighted by molar-refractivity contribution is -0.597. The van der Waals surface area contributed by atoms with Gasteiger partial charge in [-0.3, -0.25) is 0 Å². The van der Waals surface area contributed by atoms with Crippen LogP contribution in [0.25, 0.3) is 11.1 Å². The second kappa shape index (κ2) is 9.43. The van der Waals surface area contributed by atoms with E-state index < -0.39 is 0 Å². The average molecular weight is 602 g/mol. The van der Waals surface area contributed by atoms with Gasteiger partial charge >= 0.3 is 42.4 Å². The third kappa shape index (κ3) is 5.48. The van der Waals surface area contributed by atoms with E-state index in [0.717, 1.165) is 0 Å². The topological polar surface area (TPSA) is 0 Å². The van der Waals surface area contributed by atoms with Crippen LogP contribution in [0.1, 0.15) is 16.7 Å². The number of hydrogen-bond acceptors (Lipinski definition) is 0. The third-order valence-corrected chi connectivity index (χ3v) is 10.1. The molecule has 0 amide bonds. The Hall–Kier alpha value is -1.66. The van der Waals surface area contributed by atoms with E-state index in [1.807, 2.05) is 0 Å². The van der Waals surface area contributed by atoms with Crippen LogP contribution < -0.4 is 42.4 Å². The molecular formula is C27H24I2+2. The molecule has 4 aromatic rings. The van der Waals surface area contributed by atoms with Crippen LogP contribution in [0.5, 0.6) is 0 Å². The summed E-state index contributed by atoms with van der Waals surface area (Å²) in [5, 5.41) is 0. The predicted molar refractivity (Wildman–Crippen MR) is 114 cm³/mol. The van der Waals surface area contributed by atoms with Crippen LogP contribution in [0.2, 0.25) is 0 Å². The molecule has 0 spiro atoms. The minimum atomic E-state index is -0.150. The number of benzene rings is 4. The summed E-state index contributed by atoms with van der Waals surface area (Å²) in [6, 6.07) is 34.2. The second-order valence-corrected chi connectivity index (χ2v) is 13.3. The van der Waals surface area contributed by atoms with E-state index in [0.29, 0.717) is 0 Å². The molecule has 0 bridgehead atoms. The number of hydrogen-bond donors (Lipinski definition) is 0.